The molecule has 0 saturated carbocycles. The molecule has 1 atom stereocenters. The maximum absolute atomic E-state index is 12.2. The molecule has 0 bridgehead atoms. The lowest BCUT2D eigenvalue weighted by molar-refractivity contribution is -0.274. The zero-order valence-electron chi connectivity index (χ0n) is 10.7. The standard InChI is InChI=1S/C13H17F3N2O/c1-18-7-3-6-12(17,9-18)10-4-2-5-11(8-10)19-13(14,15)16/h2,4-5,8H,3,6-7,9,17H2,1H3. The molecule has 1 aliphatic heterocycles. The van der Waals surface area contributed by atoms with Crippen molar-refractivity contribution < 1.29 is 17.9 Å². The first-order chi connectivity index (χ1) is 8.78. The van der Waals surface area contributed by atoms with Crippen molar-refractivity contribution in [2.45, 2.75) is 24.7 Å². The minimum Gasteiger partial charge on any atom is -0.406 e. The van der Waals surface area contributed by atoms with E-state index < -0.39 is 11.9 Å². The zero-order valence-corrected chi connectivity index (χ0v) is 10.7. The Kier molecular flexibility index (Phi) is 3.73. The lowest BCUT2D eigenvalue weighted by Crippen LogP contribution is -2.50. The number of benzene rings is 1. The minimum atomic E-state index is -4.68. The second-order valence-electron chi connectivity index (χ2n) is 5.07. The van der Waals surface area contributed by atoms with Gasteiger partial charge in [-0.15, -0.1) is 13.2 Å². The summed E-state index contributed by atoms with van der Waals surface area (Å²) in [6, 6.07) is 5.96. The number of likely N-dealkylation sites (N-methyl/N-ethyl adjacent to an activating group) is 1. The number of alkyl halides is 3. The number of likely N-dealkylation sites (tertiary alicyclic amines) is 1. The monoisotopic (exact) mass is 274 g/mol. The van der Waals surface area contributed by atoms with Gasteiger partial charge in [-0.05, 0) is 44.1 Å². The zero-order chi connectivity index (χ0) is 14.1. The Balaban J connectivity index is 2.22. The number of halogens is 3. The van der Waals surface area contributed by atoms with Crippen LogP contribution in [0.15, 0.2) is 24.3 Å². The van der Waals surface area contributed by atoms with Crippen molar-refractivity contribution in [1.29, 1.82) is 0 Å². The first-order valence-electron chi connectivity index (χ1n) is 6.12. The largest absolute Gasteiger partial charge is 0.573 e. The van der Waals surface area contributed by atoms with E-state index in [2.05, 4.69) is 9.64 Å². The highest BCUT2D eigenvalue weighted by molar-refractivity contribution is 5.34. The van der Waals surface area contributed by atoms with Gasteiger partial charge in [-0.25, -0.2) is 0 Å². The Bertz CT molecular complexity index is 450. The van der Waals surface area contributed by atoms with Crippen LogP contribution in [0.5, 0.6) is 5.75 Å². The molecule has 0 radical (unpaired) electrons. The third-order valence-electron chi connectivity index (χ3n) is 3.36. The molecule has 0 spiro atoms. The molecule has 0 aliphatic carbocycles. The van der Waals surface area contributed by atoms with Gasteiger partial charge in [0.1, 0.15) is 5.75 Å². The number of ether oxygens (including phenoxy) is 1. The summed E-state index contributed by atoms with van der Waals surface area (Å²) >= 11 is 0. The minimum absolute atomic E-state index is 0.219. The Hall–Kier alpha value is -1.27. The molecule has 0 amide bonds. The first kappa shape index (κ1) is 14.1. The summed E-state index contributed by atoms with van der Waals surface area (Å²) < 4.78 is 40.6. The van der Waals surface area contributed by atoms with Crippen LogP contribution in [-0.4, -0.2) is 31.4 Å². The van der Waals surface area contributed by atoms with Crippen LogP contribution in [0.3, 0.4) is 0 Å². The maximum Gasteiger partial charge on any atom is 0.573 e. The molecule has 3 nitrogen and oxygen atoms in total. The van der Waals surface area contributed by atoms with Crippen molar-refractivity contribution in [3.05, 3.63) is 29.8 Å². The van der Waals surface area contributed by atoms with Crippen molar-refractivity contribution in [1.82, 2.24) is 4.90 Å². The molecule has 1 aliphatic rings. The number of hydrogen-bond donors (Lipinski definition) is 1. The summed E-state index contributed by atoms with van der Waals surface area (Å²) in [5, 5.41) is 0. The highest BCUT2D eigenvalue weighted by Gasteiger charge is 2.34. The number of nitrogens with two attached hydrogens (primary N) is 1. The van der Waals surface area contributed by atoms with Gasteiger partial charge >= 0.3 is 6.36 Å². The van der Waals surface area contributed by atoms with Gasteiger partial charge in [0.25, 0.3) is 0 Å². The van der Waals surface area contributed by atoms with E-state index in [-0.39, 0.29) is 5.75 Å². The Morgan fingerprint density at radius 2 is 2.11 bits per heavy atom. The van der Waals surface area contributed by atoms with E-state index in [0.717, 1.165) is 19.4 Å². The average molecular weight is 274 g/mol. The van der Waals surface area contributed by atoms with Gasteiger partial charge in [0.2, 0.25) is 0 Å². The Morgan fingerprint density at radius 1 is 1.37 bits per heavy atom. The van der Waals surface area contributed by atoms with Crippen molar-refractivity contribution in [2.75, 3.05) is 20.1 Å². The van der Waals surface area contributed by atoms with E-state index in [1.165, 1.54) is 12.1 Å². The second kappa shape index (κ2) is 5.02. The van der Waals surface area contributed by atoms with Gasteiger partial charge in [-0.3, -0.25) is 0 Å². The predicted octanol–water partition coefficient (Wildman–Crippen LogP) is 2.46. The molecule has 2 N–H and O–H groups in total. The summed E-state index contributed by atoms with van der Waals surface area (Å²) in [5.41, 5.74) is 6.39. The molecule has 1 aromatic carbocycles. The van der Waals surface area contributed by atoms with Crippen LogP contribution in [0.4, 0.5) is 13.2 Å². The molecule has 1 unspecified atom stereocenters. The molecule has 1 saturated heterocycles. The molecule has 106 valence electrons. The van der Waals surface area contributed by atoms with Crippen molar-refractivity contribution in [3.63, 3.8) is 0 Å². The Morgan fingerprint density at radius 3 is 2.74 bits per heavy atom. The van der Waals surface area contributed by atoms with E-state index in [4.69, 9.17) is 5.73 Å². The van der Waals surface area contributed by atoms with Crippen LogP contribution in [0.2, 0.25) is 0 Å². The number of piperidine rings is 1. The number of nitrogens with zero attached hydrogens (tertiary/aromatic N) is 1. The highest BCUT2D eigenvalue weighted by Crippen LogP contribution is 2.32. The maximum atomic E-state index is 12.2. The van der Waals surface area contributed by atoms with Gasteiger partial charge in [-0.1, -0.05) is 12.1 Å². The fraction of sp³-hybridized carbons (Fsp3) is 0.538. The van der Waals surface area contributed by atoms with E-state index in [1.54, 1.807) is 12.1 Å². The fourth-order valence-corrected chi connectivity index (χ4v) is 2.54. The molecule has 0 aromatic heterocycles. The van der Waals surface area contributed by atoms with Gasteiger partial charge in [0.15, 0.2) is 0 Å². The lowest BCUT2D eigenvalue weighted by Gasteiger charge is -2.39. The molecule has 1 heterocycles. The summed E-state index contributed by atoms with van der Waals surface area (Å²) in [6.45, 7) is 1.58. The van der Waals surface area contributed by atoms with Crippen LogP contribution in [0.25, 0.3) is 0 Å². The van der Waals surface area contributed by atoms with Crippen LogP contribution in [-0.2, 0) is 5.54 Å². The molecular weight excluding hydrogens is 257 g/mol. The third-order valence-corrected chi connectivity index (χ3v) is 3.36. The van der Waals surface area contributed by atoms with Crippen molar-refractivity contribution in [2.24, 2.45) is 5.73 Å². The summed E-state index contributed by atoms with van der Waals surface area (Å²) in [4.78, 5) is 2.08. The predicted molar refractivity (Wildman–Crippen MR) is 65.7 cm³/mol. The van der Waals surface area contributed by atoms with Crippen molar-refractivity contribution >= 4 is 0 Å². The molecule has 19 heavy (non-hydrogen) atoms. The van der Waals surface area contributed by atoms with E-state index >= 15 is 0 Å². The van der Waals surface area contributed by atoms with Gasteiger partial charge in [-0.2, -0.15) is 0 Å². The van der Waals surface area contributed by atoms with Crippen molar-refractivity contribution in [3.8, 4) is 5.75 Å². The van der Waals surface area contributed by atoms with Crippen LogP contribution in [0.1, 0.15) is 18.4 Å². The fourth-order valence-electron chi connectivity index (χ4n) is 2.54. The van der Waals surface area contributed by atoms with E-state index in [1.807, 2.05) is 7.05 Å². The van der Waals surface area contributed by atoms with Gasteiger partial charge in [0.05, 0.1) is 5.54 Å². The summed E-state index contributed by atoms with van der Waals surface area (Å²) in [7, 11) is 1.96. The average Bonchev–Trinajstić information content (AvgIpc) is 2.26. The van der Waals surface area contributed by atoms with Crippen LogP contribution in [0, 0.1) is 0 Å². The SMILES string of the molecule is CN1CCCC(N)(c2cccc(OC(F)(F)F)c2)C1. The number of rotatable bonds is 2. The molecule has 1 fully saturated rings. The third kappa shape index (κ3) is 3.61. The normalized spacial score (nSPS) is 25.3. The highest BCUT2D eigenvalue weighted by atomic mass is 19.4. The van der Waals surface area contributed by atoms with Gasteiger partial charge in [0, 0.05) is 6.54 Å². The van der Waals surface area contributed by atoms with Crippen LogP contribution >= 0.6 is 0 Å². The summed E-state index contributed by atoms with van der Waals surface area (Å²) in [6.07, 6.45) is -2.99. The van der Waals surface area contributed by atoms with E-state index in [9.17, 15) is 13.2 Å². The topological polar surface area (TPSA) is 38.5 Å². The first-order valence-corrected chi connectivity index (χ1v) is 6.12. The molecule has 2 rings (SSSR count). The summed E-state index contributed by atoms with van der Waals surface area (Å²) in [5.74, 6) is -0.219. The van der Waals surface area contributed by atoms with E-state index in [0.29, 0.717) is 12.1 Å². The smallest absolute Gasteiger partial charge is 0.406 e. The molecular formula is C13H17F3N2O. The second-order valence-corrected chi connectivity index (χ2v) is 5.07. The number of hydrogen-bond acceptors (Lipinski definition) is 3. The molecule has 6 heteroatoms. The quantitative estimate of drug-likeness (QED) is 0.900. The lowest BCUT2D eigenvalue weighted by atomic mass is 9.83. The van der Waals surface area contributed by atoms with Crippen LogP contribution < -0.4 is 10.5 Å². The Labute approximate surface area is 110 Å². The van der Waals surface area contributed by atoms with Gasteiger partial charge < -0.3 is 15.4 Å². The molecule has 1 aromatic rings.